The van der Waals surface area contributed by atoms with Crippen LogP contribution in [0.2, 0.25) is 0 Å². The van der Waals surface area contributed by atoms with E-state index in [-0.39, 0.29) is 11.3 Å². The molecule has 0 bridgehead atoms. The Morgan fingerprint density at radius 3 is 2.54 bits per heavy atom. The first kappa shape index (κ1) is 8.76. The number of hydrogen-bond acceptors (Lipinski definition) is 4. The smallest absolute Gasteiger partial charge is 0.220 e. The van der Waals surface area contributed by atoms with Gasteiger partial charge in [-0.25, -0.2) is 0 Å². The molecule has 0 amide bonds. The van der Waals surface area contributed by atoms with Gasteiger partial charge in [0.2, 0.25) is 5.43 Å². The molecule has 0 unspecified atom stereocenters. The van der Waals surface area contributed by atoms with E-state index >= 15 is 0 Å². The highest BCUT2D eigenvalue weighted by molar-refractivity contribution is 5.49. The molecule has 0 aliphatic heterocycles. The monoisotopic (exact) mass is 171 g/mol. The van der Waals surface area contributed by atoms with Gasteiger partial charge in [-0.2, -0.15) is 10.5 Å². The van der Waals surface area contributed by atoms with Crippen molar-refractivity contribution in [3.8, 4) is 12.3 Å². The summed E-state index contributed by atoms with van der Waals surface area (Å²) in [5.41, 5.74) is -0.333. The molecule has 0 spiro atoms. The van der Waals surface area contributed by atoms with Crippen LogP contribution in [0.3, 0.4) is 0 Å². The van der Waals surface area contributed by atoms with Gasteiger partial charge in [-0.15, -0.1) is 0 Å². The largest absolute Gasteiger partial charge is 0.289 e. The van der Waals surface area contributed by atoms with E-state index in [9.17, 15) is 4.79 Å². The van der Waals surface area contributed by atoms with Gasteiger partial charge in [0.05, 0.1) is 5.69 Å². The van der Waals surface area contributed by atoms with Crippen LogP contribution in [-0.4, -0.2) is 0 Å². The molecule has 0 fully saturated rings. The van der Waals surface area contributed by atoms with E-state index < -0.39 is 5.43 Å². The fourth-order valence-electron chi connectivity index (χ4n) is 0.847. The molecule has 0 heterocycles. The minimum atomic E-state index is -0.464. The Morgan fingerprint density at radius 1 is 1.23 bits per heavy atom. The van der Waals surface area contributed by atoms with Crippen LogP contribution in [0.1, 0.15) is 5.56 Å². The van der Waals surface area contributed by atoms with Gasteiger partial charge in [-0.05, 0) is 12.1 Å². The molecular formula is C9H5N3O. The molecule has 1 aromatic carbocycles. The van der Waals surface area contributed by atoms with Gasteiger partial charge in [0.15, 0.2) is 6.19 Å². The summed E-state index contributed by atoms with van der Waals surface area (Å²) in [5.74, 6) is 0. The summed E-state index contributed by atoms with van der Waals surface area (Å²) >= 11 is 0. The number of hydrogen-bond donors (Lipinski definition) is 1. The van der Waals surface area contributed by atoms with Crippen LogP contribution in [0.4, 0.5) is 5.69 Å². The first-order valence-corrected chi connectivity index (χ1v) is 3.48. The van der Waals surface area contributed by atoms with Gasteiger partial charge in [0, 0.05) is 0 Å². The maximum atomic E-state index is 11.4. The summed E-state index contributed by atoms with van der Waals surface area (Å²) in [6.07, 6.45) is 1.63. The molecule has 1 rings (SSSR count). The highest BCUT2D eigenvalue weighted by Gasteiger charge is 2.00. The minimum absolute atomic E-state index is 0.0164. The molecule has 0 atom stereocenters. The topological polar surface area (TPSA) is 76.7 Å². The molecule has 0 saturated heterocycles. The molecule has 0 aliphatic carbocycles. The minimum Gasteiger partial charge on any atom is -0.289 e. The van der Waals surface area contributed by atoms with Crippen molar-refractivity contribution in [3.63, 3.8) is 0 Å². The lowest BCUT2D eigenvalue weighted by Crippen LogP contribution is -2.07. The van der Waals surface area contributed by atoms with E-state index in [1.54, 1.807) is 24.4 Å². The van der Waals surface area contributed by atoms with Gasteiger partial charge in [-0.1, -0.05) is 12.1 Å². The lowest BCUT2D eigenvalue weighted by molar-refractivity contribution is 1.43. The maximum Gasteiger partial charge on any atom is 0.220 e. The van der Waals surface area contributed by atoms with E-state index in [4.69, 9.17) is 10.5 Å². The van der Waals surface area contributed by atoms with Crippen molar-refractivity contribution < 1.29 is 0 Å². The Labute approximate surface area is 74.7 Å². The molecule has 4 heteroatoms. The summed E-state index contributed by atoms with van der Waals surface area (Å²) < 4.78 is 0. The summed E-state index contributed by atoms with van der Waals surface area (Å²) in [7, 11) is 0. The van der Waals surface area contributed by atoms with E-state index in [2.05, 4.69) is 5.32 Å². The van der Waals surface area contributed by atoms with Crippen molar-refractivity contribution in [2.75, 3.05) is 5.32 Å². The zero-order chi connectivity index (χ0) is 9.68. The second kappa shape index (κ2) is 3.89. The summed E-state index contributed by atoms with van der Waals surface area (Å²) in [4.78, 5) is 11.4. The molecular weight excluding hydrogens is 166 g/mol. The average Bonchev–Trinajstić information content (AvgIpc) is 2.30. The Hall–Kier alpha value is -2.33. The second-order valence-corrected chi connectivity index (χ2v) is 2.22. The summed E-state index contributed by atoms with van der Waals surface area (Å²) in [5, 5.41) is 19.1. The molecule has 1 N–H and O–H groups in total. The number of anilines is 1. The van der Waals surface area contributed by atoms with Crippen LogP contribution >= 0.6 is 0 Å². The van der Waals surface area contributed by atoms with Gasteiger partial charge >= 0.3 is 0 Å². The third-order valence-electron chi connectivity index (χ3n) is 1.44. The predicted octanol–water partition coefficient (Wildman–Crippen LogP) is 0.811. The molecule has 1 aromatic rings. The van der Waals surface area contributed by atoms with Crippen LogP contribution in [0.25, 0.3) is 0 Å². The zero-order valence-corrected chi connectivity index (χ0v) is 6.61. The number of rotatable bonds is 1. The highest BCUT2D eigenvalue weighted by atomic mass is 16.1. The molecule has 0 aliphatic rings. The molecule has 13 heavy (non-hydrogen) atoms. The van der Waals surface area contributed by atoms with Crippen LogP contribution in [-0.2, 0) is 0 Å². The Balaban J connectivity index is 3.44. The highest BCUT2D eigenvalue weighted by Crippen LogP contribution is 1.98. The van der Waals surface area contributed by atoms with Gasteiger partial charge in [-0.3, -0.25) is 10.1 Å². The van der Waals surface area contributed by atoms with Crippen molar-refractivity contribution in [2.24, 2.45) is 0 Å². The fourth-order valence-corrected chi connectivity index (χ4v) is 0.847. The number of nitriles is 2. The Bertz CT molecular complexity index is 454. The second-order valence-electron chi connectivity index (χ2n) is 2.22. The Morgan fingerprint density at radius 2 is 1.92 bits per heavy atom. The third-order valence-corrected chi connectivity index (χ3v) is 1.44. The van der Waals surface area contributed by atoms with Crippen LogP contribution in [0, 0.1) is 22.8 Å². The lowest BCUT2D eigenvalue weighted by Gasteiger charge is -1.88. The maximum absolute atomic E-state index is 11.4. The number of nitrogens with zero attached hydrogens (tertiary/aromatic N) is 2. The van der Waals surface area contributed by atoms with Crippen molar-refractivity contribution >= 4 is 5.69 Å². The summed E-state index contributed by atoms with van der Waals surface area (Å²) in [6, 6.07) is 7.77. The van der Waals surface area contributed by atoms with E-state index in [0.717, 1.165) is 0 Å². The molecule has 0 radical (unpaired) electrons. The van der Waals surface area contributed by atoms with Crippen molar-refractivity contribution in [3.05, 3.63) is 40.1 Å². The third kappa shape index (κ3) is 1.82. The van der Waals surface area contributed by atoms with Crippen LogP contribution in [0.15, 0.2) is 29.1 Å². The van der Waals surface area contributed by atoms with E-state index in [0.29, 0.717) is 0 Å². The molecule has 0 aromatic heterocycles. The number of nitrogens with one attached hydrogen (secondary N) is 1. The van der Waals surface area contributed by atoms with Crippen molar-refractivity contribution in [1.82, 2.24) is 0 Å². The fraction of sp³-hybridized carbons (Fsp3) is 0. The van der Waals surface area contributed by atoms with Crippen molar-refractivity contribution in [1.29, 1.82) is 10.5 Å². The van der Waals surface area contributed by atoms with Crippen molar-refractivity contribution in [2.45, 2.75) is 0 Å². The van der Waals surface area contributed by atoms with Gasteiger partial charge < -0.3 is 0 Å². The normalized spacial score (nSPS) is 8.15. The molecule has 4 nitrogen and oxygen atoms in total. The van der Waals surface area contributed by atoms with E-state index in [1.807, 2.05) is 0 Å². The van der Waals surface area contributed by atoms with E-state index in [1.165, 1.54) is 12.1 Å². The zero-order valence-electron chi connectivity index (χ0n) is 6.61. The Kier molecular flexibility index (Phi) is 2.62. The quantitative estimate of drug-likeness (QED) is 0.501. The first-order chi connectivity index (χ1) is 6.29. The van der Waals surface area contributed by atoms with Gasteiger partial charge in [0.1, 0.15) is 11.6 Å². The first-order valence-electron chi connectivity index (χ1n) is 3.48. The molecule has 0 saturated carbocycles. The van der Waals surface area contributed by atoms with Crippen LogP contribution < -0.4 is 10.7 Å². The standard InChI is InChI=1S/C9H5N3O/c10-5-7-3-1-2-4-8(9(7)13)12-6-11/h1-4H,(H,12,13). The summed E-state index contributed by atoms with van der Waals surface area (Å²) in [6.45, 7) is 0. The molecule has 62 valence electrons. The lowest BCUT2D eigenvalue weighted by atomic mass is 10.3. The predicted molar refractivity (Wildman–Crippen MR) is 46.7 cm³/mol. The average molecular weight is 171 g/mol. The SMILES string of the molecule is N#CNc1ccccc(C#N)c1=O. The van der Waals surface area contributed by atoms with Gasteiger partial charge in [0.25, 0.3) is 0 Å². The van der Waals surface area contributed by atoms with Crippen LogP contribution in [0.5, 0.6) is 0 Å².